The number of benzene rings is 3. The summed E-state index contributed by atoms with van der Waals surface area (Å²) < 4.78 is 17.7. The number of nitrogens with one attached hydrogen (secondary N) is 2. The molecule has 0 aliphatic carbocycles. The first-order valence-electron chi connectivity index (χ1n) is 16.6. The van der Waals surface area contributed by atoms with E-state index in [1.807, 2.05) is 56.3 Å². The summed E-state index contributed by atoms with van der Waals surface area (Å²) in [7, 11) is 7.31. The van der Waals surface area contributed by atoms with Crippen molar-refractivity contribution in [2.75, 3.05) is 89.7 Å². The fraction of sp³-hybridized carbons (Fsp3) is 0.378. The van der Waals surface area contributed by atoms with Gasteiger partial charge in [-0.2, -0.15) is 4.98 Å². The van der Waals surface area contributed by atoms with Gasteiger partial charge in [-0.05, 0) is 94.0 Å². The molecule has 0 unspecified atom stereocenters. The molecule has 1 saturated heterocycles. The van der Waals surface area contributed by atoms with Crippen molar-refractivity contribution in [1.29, 1.82) is 0 Å². The largest absolute Gasteiger partial charge is 0.493 e. The summed E-state index contributed by atoms with van der Waals surface area (Å²) in [6.07, 6.45) is 2.09. The Bertz CT molecular complexity index is 1680. The normalized spacial score (nSPS) is 13.3. The Kier molecular flexibility index (Phi) is 11.9. The third kappa shape index (κ3) is 8.96. The molecule has 0 bridgehead atoms. The number of nitrogens with zero attached hydrogens (tertiary/aromatic N) is 5. The van der Waals surface area contributed by atoms with Crippen molar-refractivity contribution in [3.8, 4) is 23.1 Å². The van der Waals surface area contributed by atoms with E-state index in [0.717, 1.165) is 67.3 Å². The maximum atomic E-state index is 13.7. The SMILES string of the molecule is COc1cc(CCN)cc(OC)c1Oc1nc(Nc2ccc(N3CCN(CCN(C)C)CC3)cc2)ncc1C(=O)Nc1c(C)cccc1C. The smallest absolute Gasteiger partial charge is 0.262 e. The van der Waals surface area contributed by atoms with E-state index in [4.69, 9.17) is 19.9 Å². The van der Waals surface area contributed by atoms with Gasteiger partial charge in [0.1, 0.15) is 5.56 Å². The van der Waals surface area contributed by atoms with E-state index in [1.54, 1.807) is 14.2 Å². The number of hydrogen-bond acceptors (Lipinski definition) is 11. The van der Waals surface area contributed by atoms with E-state index >= 15 is 0 Å². The molecule has 1 amide bonds. The second-order valence-corrected chi connectivity index (χ2v) is 12.4. The van der Waals surface area contributed by atoms with Gasteiger partial charge in [0, 0.05) is 62.5 Å². The van der Waals surface area contributed by atoms with Crippen LogP contribution in [0, 0.1) is 13.8 Å². The maximum Gasteiger partial charge on any atom is 0.262 e. The summed E-state index contributed by atoms with van der Waals surface area (Å²) in [5.41, 5.74) is 11.4. The molecule has 1 aliphatic rings. The van der Waals surface area contributed by atoms with Crippen LogP contribution in [0.15, 0.2) is 60.8 Å². The van der Waals surface area contributed by atoms with Crippen molar-refractivity contribution in [3.05, 3.63) is 83.0 Å². The van der Waals surface area contributed by atoms with Crippen LogP contribution >= 0.6 is 0 Å². The lowest BCUT2D eigenvalue weighted by Gasteiger charge is -2.36. The van der Waals surface area contributed by atoms with Gasteiger partial charge in [0.15, 0.2) is 11.5 Å². The first kappa shape index (κ1) is 35.4. The third-order valence-electron chi connectivity index (χ3n) is 8.59. The molecule has 0 atom stereocenters. The predicted octanol–water partition coefficient (Wildman–Crippen LogP) is 5.08. The van der Waals surface area contributed by atoms with Crippen LogP contribution in [-0.4, -0.2) is 99.8 Å². The van der Waals surface area contributed by atoms with Gasteiger partial charge in [-0.25, -0.2) is 4.98 Å². The minimum atomic E-state index is -0.414. The van der Waals surface area contributed by atoms with Gasteiger partial charge in [-0.15, -0.1) is 0 Å². The molecule has 2 heterocycles. The summed E-state index contributed by atoms with van der Waals surface area (Å²) in [4.78, 5) is 30.1. The number of nitrogens with two attached hydrogens (primary N) is 1. The van der Waals surface area contributed by atoms with E-state index in [9.17, 15) is 4.79 Å². The first-order chi connectivity index (χ1) is 23.7. The number of rotatable bonds is 14. The van der Waals surface area contributed by atoms with Crippen LogP contribution in [0.5, 0.6) is 23.1 Å². The van der Waals surface area contributed by atoms with E-state index < -0.39 is 5.91 Å². The predicted molar refractivity (Wildman–Crippen MR) is 195 cm³/mol. The molecule has 0 spiro atoms. The summed E-state index contributed by atoms with van der Waals surface area (Å²) in [5, 5.41) is 6.29. The molecule has 1 aliphatic heterocycles. The van der Waals surface area contributed by atoms with Crippen molar-refractivity contribution in [3.63, 3.8) is 0 Å². The highest BCUT2D eigenvalue weighted by Gasteiger charge is 2.23. The molecule has 3 aromatic carbocycles. The standard InChI is InChI=1S/C37H48N8O4/c1-25-8-7-9-26(2)33(25)41-35(46)30-24-39-37(42-36(30)49-34-31(47-5)22-27(14-15-38)23-32(34)48-6)40-28-10-12-29(13-11-28)45-20-18-44(19-21-45)17-16-43(3)4/h7-13,22-24H,14-21,38H2,1-6H3,(H,41,46)(H,39,40,42). The van der Waals surface area contributed by atoms with Crippen LogP contribution in [0.4, 0.5) is 23.0 Å². The Labute approximate surface area is 289 Å². The quantitative estimate of drug-likeness (QED) is 0.166. The zero-order chi connectivity index (χ0) is 34.9. The highest BCUT2D eigenvalue weighted by atomic mass is 16.5. The van der Waals surface area contributed by atoms with Gasteiger partial charge in [-0.1, -0.05) is 18.2 Å². The number of aromatic nitrogens is 2. The number of piperazine rings is 1. The minimum Gasteiger partial charge on any atom is -0.493 e. The Morgan fingerprint density at radius 3 is 2.20 bits per heavy atom. The highest BCUT2D eigenvalue weighted by molar-refractivity contribution is 6.06. The fourth-order valence-corrected chi connectivity index (χ4v) is 5.75. The fourth-order valence-electron chi connectivity index (χ4n) is 5.75. The van der Waals surface area contributed by atoms with Crippen LogP contribution in [0.25, 0.3) is 0 Å². The second-order valence-electron chi connectivity index (χ2n) is 12.4. The molecule has 49 heavy (non-hydrogen) atoms. The average molecular weight is 669 g/mol. The molecule has 1 aromatic heterocycles. The van der Waals surface area contributed by atoms with Gasteiger partial charge in [-0.3, -0.25) is 9.69 Å². The topological polar surface area (TPSA) is 130 Å². The molecule has 1 fully saturated rings. The molecule has 4 aromatic rings. The number of ether oxygens (including phenoxy) is 3. The molecular weight excluding hydrogens is 620 g/mol. The second kappa shape index (κ2) is 16.5. The number of likely N-dealkylation sites (N-methyl/N-ethyl adjacent to an activating group) is 1. The lowest BCUT2D eigenvalue weighted by Crippen LogP contribution is -2.48. The number of amides is 1. The van der Waals surface area contributed by atoms with E-state index in [0.29, 0.717) is 24.5 Å². The maximum absolute atomic E-state index is 13.7. The molecule has 4 N–H and O–H groups in total. The summed E-state index contributed by atoms with van der Waals surface area (Å²) >= 11 is 0. The monoisotopic (exact) mass is 668 g/mol. The van der Waals surface area contributed by atoms with Gasteiger partial charge in [0.25, 0.3) is 5.91 Å². The van der Waals surface area contributed by atoms with E-state index in [2.05, 4.69) is 61.5 Å². The van der Waals surface area contributed by atoms with E-state index in [-0.39, 0.29) is 23.1 Å². The Hall–Kier alpha value is -4.91. The van der Waals surface area contributed by atoms with Crippen LogP contribution in [0.1, 0.15) is 27.0 Å². The Morgan fingerprint density at radius 1 is 0.959 bits per heavy atom. The molecular formula is C37H48N8O4. The number of carbonyl (C=O) groups excluding carboxylic acids is 1. The lowest BCUT2D eigenvalue weighted by atomic mass is 10.1. The Balaban J connectivity index is 1.40. The van der Waals surface area contributed by atoms with Crippen molar-refractivity contribution in [1.82, 2.24) is 19.8 Å². The summed E-state index contributed by atoms with van der Waals surface area (Å²) in [6.45, 7) is 10.5. The van der Waals surface area contributed by atoms with Crippen LogP contribution in [0.2, 0.25) is 0 Å². The summed E-state index contributed by atoms with van der Waals surface area (Å²) in [6, 6.07) is 17.7. The van der Waals surface area contributed by atoms with Gasteiger partial charge in [0.05, 0.1) is 14.2 Å². The van der Waals surface area contributed by atoms with Crippen LogP contribution in [-0.2, 0) is 6.42 Å². The van der Waals surface area contributed by atoms with Crippen molar-refractivity contribution in [2.45, 2.75) is 20.3 Å². The zero-order valence-electron chi connectivity index (χ0n) is 29.4. The molecule has 0 saturated carbocycles. The number of para-hydroxylation sites is 1. The first-order valence-corrected chi connectivity index (χ1v) is 16.6. The third-order valence-corrected chi connectivity index (χ3v) is 8.59. The number of methoxy groups -OCH3 is 2. The van der Waals surface area contributed by atoms with Crippen LogP contribution < -0.4 is 35.5 Å². The molecule has 0 radical (unpaired) electrons. The number of hydrogen-bond donors (Lipinski definition) is 3. The van der Waals surface area contributed by atoms with Crippen molar-refractivity contribution < 1.29 is 19.0 Å². The van der Waals surface area contributed by atoms with Crippen molar-refractivity contribution >= 4 is 28.9 Å². The molecule has 260 valence electrons. The van der Waals surface area contributed by atoms with E-state index in [1.165, 1.54) is 11.9 Å². The number of carbonyl (C=O) groups is 1. The number of aryl methyl sites for hydroxylation is 2. The molecule has 12 nitrogen and oxygen atoms in total. The van der Waals surface area contributed by atoms with Gasteiger partial charge < -0.3 is 40.4 Å². The number of anilines is 4. The van der Waals surface area contributed by atoms with Gasteiger partial charge >= 0.3 is 0 Å². The Morgan fingerprint density at radius 2 is 1.61 bits per heavy atom. The van der Waals surface area contributed by atoms with Gasteiger partial charge in [0.2, 0.25) is 17.6 Å². The highest BCUT2D eigenvalue weighted by Crippen LogP contribution is 2.42. The zero-order valence-corrected chi connectivity index (χ0v) is 29.4. The molecule has 5 rings (SSSR count). The molecule has 12 heteroatoms. The van der Waals surface area contributed by atoms with Crippen LogP contribution in [0.3, 0.4) is 0 Å². The average Bonchev–Trinajstić information content (AvgIpc) is 3.10. The van der Waals surface area contributed by atoms with Crippen molar-refractivity contribution in [2.24, 2.45) is 5.73 Å². The summed E-state index contributed by atoms with van der Waals surface area (Å²) in [5.74, 6) is 1.01. The minimum absolute atomic E-state index is 0.0353. The lowest BCUT2D eigenvalue weighted by molar-refractivity contribution is 0.102.